The molecule has 0 fully saturated rings. The van der Waals surface area contributed by atoms with Crippen molar-refractivity contribution in [3.05, 3.63) is 0 Å². The lowest BCUT2D eigenvalue weighted by Crippen LogP contribution is -2.32. The van der Waals surface area contributed by atoms with Crippen LogP contribution in [0.15, 0.2) is 0 Å². The summed E-state index contributed by atoms with van der Waals surface area (Å²) < 4.78 is 0. The average Bonchev–Trinajstić information content (AvgIpc) is 2.01. The Balaban J connectivity index is 4.44. The second-order valence-electron chi connectivity index (χ2n) is 4.76. The van der Waals surface area contributed by atoms with Crippen LogP contribution in [0.25, 0.3) is 0 Å². The molecule has 2 unspecified atom stereocenters. The van der Waals surface area contributed by atoms with E-state index in [0.29, 0.717) is 11.8 Å². The van der Waals surface area contributed by atoms with Crippen molar-refractivity contribution in [2.45, 2.75) is 41.5 Å². The molecule has 0 amide bonds. The Kier molecular flexibility index (Phi) is 3.95. The first-order chi connectivity index (χ1) is 5.34. The van der Waals surface area contributed by atoms with Crippen LogP contribution >= 0.6 is 0 Å². The standard InChI is InChI=1S/C11H22O/c1-8(2)11(5,6)10(4)9(3)7-12/h7-10H,1-6H3. The van der Waals surface area contributed by atoms with Crippen molar-refractivity contribution in [1.29, 1.82) is 0 Å². The predicted molar refractivity (Wildman–Crippen MR) is 53.0 cm³/mol. The molecule has 0 bridgehead atoms. The van der Waals surface area contributed by atoms with Crippen LogP contribution in [-0.2, 0) is 4.79 Å². The van der Waals surface area contributed by atoms with E-state index in [0.717, 1.165) is 6.29 Å². The minimum absolute atomic E-state index is 0.169. The van der Waals surface area contributed by atoms with Crippen LogP contribution in [0.4, 0.5) is 0 Å². The van der Waals surface area contributed by atoms with Gasteiger partial charge in [-0.1, -0.05) is 41.5 Å². The third-order valence-electron chi connectivity index (χ3n) is 3.66. The number of hydrogen-bond donors (Lipinski definition) is 0. The summed E-state index contributed by atoms with van der Waals surface area (Å²) in [5.41, 5.74) is 0.250. The monoisotopic (exact) mass is 170 g/mol. The summed E-state index contributed by atoms with van der Waals surface area (Å²) in [6.45, 7) is 13.1. The lowest BCUT2D eigenvalue weighted by Gasteiger charge is -2.37. The third kappa shape index (κ3) is 2.33. The third-order valence-corrected chi connectivity index (χ3v) is 3.66. The van der Waals surface area contributed by atoms with Gasteiger partial charge in [0.05, 0.1) is 0 Å². The van der Waals surface area contributed by atoms with Gasteiger partial charge in [-0.3, -0.25) is 0 Å². The zero-order valence-corrected chi connectivity index (χ0v) is 9.22. The molecule has 0 aliphatic heterocycles. The number of carbonyl (C=O) groups excluding carboxylic acids is 1. The number of carbonyl (C=O) groups is 1. The van der Waals surface area contributed by atoms with Crippen LogP contribution in [0.5, 0.6) is 0 Å². The molecule has 0 heterocycles. The van der Waals surface area contributed by atoms with Crippen LogP contribution in [0, 0.1) is 23.2 Å². The van der Waals surface area contributed by atoms with Crippen molar-refractivity contribution in [1.82, 2.24) is 0 Å². The van der Waals surface area contributed by atoms with Gasteiger partial charge >= 0.3 is 0 Å². The van der Waals surface area contributed by atoms with Gasteiger partial charge in [-0.2, -0.15) is 0 Å². The summed E-state index contributed by atoms with van der Waals surface area (Å²) in [7, 11) is 0. The van der Waals surface area contributed by atoms with E-state index in [1.165, 1.54) is 0 Å². The first-order valence-electron chi connectivity index (χ1n) is 4.79. The number of aldehydes is 1. The fraction of sp³-hybridized carbons (Fsp3) is 0.909. The van der Waals surface area contributed by atoms with E-state index in [4.69, 9.17) is 0 Å². The molecule has 0 aromatic rings. The Bertz CT molecular complexity index is 147. The number of rotatable bonds is 4. The quantitative estimate of drug-likeness (QED) is 0.592. The maximum absolute atomic E-state index is 10.6. The van der Waals surface area contributed by atoms with Crippen LogP contribution < -0.4 is 0 Å². The largest absolute Gasteiger partial charge is 0.303 e. The molecule has 0 aromatic carbocycles. The average molecular weight is 170 g/mol. The Hall–Kier alpha value is -0.330. The van der Waals surface area contributed by atoms with Crippen LogP contribution in [-0.4, -0.2) is 6.29 Å². The number of hydrogen-bond acceptors (Lipinski definition) is 1. The van der Waals surface area contributed by atoms with Gasteiger partial charge in [0, 0.05) is 5.92 Å². The Morgan fingerprint density at radius 2 is 1.50 bits per heavy atom. The molecule has 12 heavy (non-hydrogen) atoms. The van der Waals surface area contributed by atoms with Gasteiger partial charge in [0.2, 0.25) is 0 Å². The molecule has 72 valence electrons. The zero-order valence-electron chi connectivity index (χ0n) is 9.22. The first kappa shape index (κ1) is 11.7. The predicted octanol–water partition coefficient (Wildman–Crippen LogP) is 3.14. The summed E-state index contributed by atoms with van der Waals surface area (Å²) >= 11 is 0. The van der Waals surface area contributed by atoms with E-state index in [2.05, 4.69) is 34.6 Å². The summed E-state index contributed by atoms with van der Waals surface area (Å²) in [5, 5.41) is 0. The van der Waals surface area contributed by atoms with E-state index in [1.807, 2.05) is 6.92 Å². The molecule has 0 aliphatic rings. The minimum Gasteiger partial charge on any atom is -0.303 e. The molecule has 0 aromatic heterocycles. The summed E-state index contributed by atoms with van der Waals surface area (Å²) in [6.07, 6.45) is 1.06. The minimum atomic E-state index is 0.169. The molecular formula is C11H22O. The molecule has 0 N–H and O–H groups in total. The summed E-state index contributed by atoms with van der Waals surface area (Å²) in [5.74, 6) is 1.24. The molecule has 1 heteroatoms. The fourth-order valence-corrected chi connectivity index (χ4v) is 1.32. The highest BCUT2D eigenvalue weighted by atomic mass is 16.1. The van der Waals surface area contributed by atoms with Gasteiger partial charge in [-0.05, 0) is 17.3 Å². The highest BCUT2D eigenvalue weighted by Gasteiger charge is 2.32. The van der Waals surface area contributed by atoms with Gasteiger partial charge in [0.15, 0.2) is 0 Å². The van der Waals surface area contributed by atoms with Gasteiger partial charge in [0.25, 0.3) is 0 Å². The SMILES string of the molecule is CC(C=O)C(C)C(C)(C)C(C)C. The van der Waals surface area contributed by atoms with E-state index < -0.39 is 0 Å². The van der Waals surface area contributed by atoms with E-state index in [1.54, 1.807) is 0 Å². The Labute approximate surface area is 76.6 Å². The van der Waals surface area contributed by atoms with Crippen molar-refractivity contribution in [2.24, 2.45) is 23.2 Å². The molecule has 2 atom stereocenters. The molecule has 0 radical (unpaired) electrons. The van der Waals surface area contributed by atoms with Crippen LogP contribution in [0.3, 0.4) is 0 Å². The van der Waals surface area contributed by atoms with Gasteiger partial charge in [0.1, 0.15) is 6.29 Å². The van der Waals surface area contributed by atoms with Gasteiger partial charge in [-0.25, -0.2) is 0 Å². The Morgan fingerprint density at radius 3 is 1.75 bits per heavy atom. The van der Waals surface area contributed by atoms with Gasteiger partial charge < -0.3 is 4.79 Å². The van der Waals surface area contributed by atoms with Crippen LogP contribution in [0.2, 0.25) is 0 Å². The Morgan fingerprint density at radius 1 is 1.08 bits per heavy atom. The molecule has 0 saturated carbocycles. The van der Waals surface area contributed by atoms with Crippen molar-refractivity contribution >= 4 is 6.29 Å². The van der Waals surface area contributed by atoms with E-state index in [9.17, 15) is 4.79 Å². The van der Waals surface area contributed by atoms with E-state index in [-0.39, 0.29) is 11.3 Å². The first-order valence-corrected chi connectivity index (χ1v) is 4.79. The highest BCUT2D eigenvalue weighted by molar-refractivity contribution is 5.53. The maximum atomic E-state index is 10.6. The molecule has 1 nitrogen and oxygen atoms in total. The van der Waals surface area contributed by atoms with Gasteiger partial charge in [-0.15, -0.1) is 0 Å². The highest BCUT2D eigenvalue weighted by Crippen LogP contribution is 2.38. The van der Waals surface area contributed by atoms with Crippen molar-refractivity contribution in [3.63, 3.8) is 0 Å². The molecule has 0 aliphatic carbocycles. The second-order valence-corrected chi connectivity index (χ2v) is 4.76. The maximum Gasteiger partial charge on any atom is 0.123 e. The van der Waals surface area contributed by atoms with E-state index >= 15 is 0 Å². The normalized spacial score (nSPS) is 17.6. The lowest BCUT2D eigenvalue weighted by atomic mass is 9.67. The molecule has 0 spiro atoms. The van der Waals surface area contributed by atoms with Crippen molar-refractivity contribution < 1.29 is 4.79 Å². The van der Waals surface area contributed by atoms with Crippen LogP contribution in [0.1, 0.15) is 41.5 Å². The van der Waals surface area contributed by atoms with Crippen molar-refractivity contribution in [2.75, 3.05) is 0 Å². The fourth-order valence-electron chi connectivity index (χ4n) is 1.32. The lowest BCUT2D eigenvalue weighted by molar-refractivity contribution is -0.113. The molecule has 0 saturated heterocycles. The van der Waals surface area contributed by atoms with Crippen molar-refractivity contribution in [3.8, 4) is 0 Å². The topological polar surface area (TPSA) is 17.1 Å². The summed E-state index contributed by atoms with van der Waals surface area (Å²) in [6, 6.07) is 0. The smallest absolute Gasteiger partial charge is 0.123 e. The second kappa shape index (κ2) is 4.06. The molecule has 0 rings (SSSR count). The zero-order chi connectivity index (χ0) is 9.94. The summed E-state index contributed by atoms with van der Waals surface area (Å²) in [4.78, 5) is 10.6. The molecular weight excluding hydrogens is 148 g/mol.